The van der Waals surface area contributed by atoms with E-state index in [9.17, 15) is 9.18 Å². The summed E-state index contributed by atoms with van der Waals surface area (Å²) in [6.45, 7) is 1.85. The summed E-state index contributed by atoms with van der Waals surface area (Å²) < 4.78 is 23.7. The monoisotopic (exact) mass is 264 g/mol. The summed E-state index contributed by atoms with van der Waals surface area (Å²) in [4.78, 5) is 10.8. The normalized spacial score (nSPS) is 10.6. The van der Waals surface area contributed by atoms with Crippen LogP contribution in [0, 0.1) is 12.7 Å². The number of halogens is 1. The van der Waals surface area contributed by atoms with Gasteiger partial charge in [-0.25, -0.2) is 9.18 Å². The van der Waals surface area contributed by atoms with E-state index in [-0.39, 0.29) is 24.8 Å². The highest BCUT2D eigenvalue weighted by Crippen LogP contribution is 2.16. The molecule has 0 atom stereocenters. The zero-order valence-corrected chi connectivity index (χ0v) is 10.4. The number of carbonyl (C=O) groups is 1. The van der Waals surface area contributed by atoms with Gasteiger partial charge in [-0.3, -0.25) is 0 Å². The van der Waals surface area contributed by atoms with Gasteiger partial charge in [0.1, 0.15) is 18.2 Å². The Balaban J connectivity index is 1.95. The molecule has 0 bridgehead atoms. The van der Waals surface area contributed by atoms with Crippen LogP contribution in [0.3, 0.4) is 0 Å². The highest BCUT2D eigenvalue weighted by molar-refractivity contribution is 5.86. The molecule has 0 unspecified atom stereocenters. The second kappa shape index (κ2) is 5.67. The predicted molar refractivity (Wildman–Crippen MR) is 65.3 cm³/mol. The van der Waals surface area contributed by atoms with Gasteiger partial charge in [-0.05, 0) is 19.1 Å². The molecule has 4 nitrogen and oxygen atoms in total. The maximum absolute atomic E-state index is 13.3. The van der Waals surface area contributed by atoms with Crippen LogP contribution in [0.1, 0.15) is 27.4 Å². The summed E-state index contributed by atoms with van der Waals surface area (Å²) in [6.07, 6.45) is 0. The first kappa shape index (κ1) is 13.3. The minimum absolute atomic E-state index is 0.0931. The fourth-order valence-corrected chi connectivity index (χ4v) is 1.71. The van der Waals surface area contributed by atoms with Gasteiger partial charge in [0, 0.05) is 11.1 Å². The molecule has 1 heterocycles. The first-order valence-corrected chi connectivity index (χ1v) is 5.71. The van der Waals surface area contributed by atoms with Gasteiger partial charge in [0.2, 0.25) is 5.76 Å². The molecule has 0 aliphatic heterocycles. The van der Waals surface area contributed by atoms with E-state index in [1.165, 1.54) is 6.07 Å². The van der Waals surface area contributed by atoms with Crippen molar-refractivity contribution in [3.8, 4) is 0 Å². The van der Waals surface area contributed by atoms with E-state index in [0.29, 0.717) is 16.9 Å². The Kier molecular flexibility index (Phi) is 3.97. The van der Waals surface area contributed by atoms with Crippen molar-refractivity contribution in [2.45, 2.75) is 20.1 Å². The lowest BCUT2D eigenvalue weighted by molar-refractivity contribution is 0.0638. The van der Waals surface area contributed by atoms with Crippen molar-refractivity contribution in [3.05, 3.63) is 58.8 Å². The molecule has 2 rings (SSSR count). The Morgan fingerprint density at radius 3 is 2.74 bits per heavy atom. The minimum atomic E-state index is -1.11. The average molecular weight is 264 g/mol. The van der Waals surface area contributed by atoms with Gasteiger partial charge in [-0.2, -0.15) is 0 Å². The van der Waals surface area contributed by atoms with Crippen molar-refractivity contribution >= 4 is 5.97 Å². The fourth-order valence-electron chi connectivity index (χ4n) is 1.71. The van der Waals surface area contributed by atoms with Crippen LogP contribution in [0.4, 0.5) is 4.39 Å². The third-order valence-electron chi connectivity index (χ3n) is 2.62. The Labute approximate surface area is 109 Å². The number of aromatic carboxylic acids is 1. The quantitative estimate of drug-likeness (QED) is 0.901. The molecule has 5 heteroatoms. The molecule has 0 saturated heterocycles. The molecule has 1 N–H and O–H groups in total. The maximum Gasteiger partial charge on any atom is 0.372 e. The van der Waals surface area contributed by atoms with Gasteiger partial charge in [-0.1, -0.05) is 18.2 Å². The molecule has 0 spiro atoms. The van der Waals surface area contributed by atoms with Gasteiger partial charge in [0.05, 0.1) is 6.61 Å². The summed E-state index contributed by atoms with van der Waals surface area (Å²) >= 11 is 0. The summed E-state index contributed by atoms with van der Waals surface area (Å²) in [6, 6.07) is 7.92. The van der Waals surface area contributed by atoms with Gasteiger partial charge < -0.3 is 14.3 Å². The molecule has 0 saturated carbocycles. The molecule has 0 amide bonds. The molecule has 0 fully saturated rings. The lowest BCUT2D eigenvalue weighted by atomic mass is 10.2. The molecule has 1 aromatic carbocycles. The average Bonchev–Trinajstić information content (AvgIpc) is 2.73. The number of rotatable bonds is 5. The van der Waals surface area contributed by atoms with E-state index in [4.69, 9.17) is 14.3 Å². The Bertz CT molecular complexity index is 589. The highest BCUT2D eigenvalue weighted by atomic mass is 19.1. The zero-order valence-electron chi connectivity index (χ0n) is 10.4. The van der Waals surface area contributed by atoms with E-state index >= 15 is 0 Å². The first-order valence-electron chi connectivity index (χ1n) is 5.71. The van der Waals surface area contributed by atoms with Crippen LogP contribution >= 0.6 is 0 Å². The molecule has 2 aromatic rings. The van der Waals surface area contributed by atoms with Crippen LogP contribution in [0.2, 0.25) is 0 Å². The summed E-state index contributed by atoms with van der Waals surface area (Å²) in [5, 5.41) is 8.83. The second-order valence-electron chi connectivity index (χ2n) is 4.11. The molecule has 0 aliphatic rings. The number of benzene rings is 1. The van der Waals surface area contributed by atoms with Crippen LogP contribution in [-0.4, -0.2) is 11.1 Å². The van der Waals surface area contributed by atoms with Crippen LogP contribution in [0.25, 0.3) is 0 Å². The number of aryl methyl sites for hydroxylation is 1. The summed E-state index contributed by atoms with van der Waals surface area (Å²) in [5.74, 6) is -1.13. The van der Waals surface area contributed by atoms with E-state index in [1.54, 1.807) is 31.2 Å². The third kappa shape index (κ3) is 3.20. The predicted octanol–water partition coefficient (Wildman–Crippen LogP) is 3.14. The fraction of sp³-hybridized carbons (Fsp3) is 0.214. The second-order valence-corrected chi connectivity index (χ2v) is 4.11. The minimum Gasteiger partial charge on any atom is -0.475 e. The Morgan fingerprint density at radius 2 is 2.11 bits per heavy atom. The molecule has 0 radical (unpaired) electrons. The van der Waals surface area contributed by atoms with Crippen LogP contribution in [-0.2, 0) is 18.0 Å². The number of furan rings is 1. The Morgan fingerprint density at radius 1 is 1.37 bits per heavy atom. The van der Waals surface area contributed by atoms with Crippen molar-refractivity contribution in [2.24, 2.45) is 0 Å². The third-order valence-corrected chi connectivity index (χ3v) is 2.62. The molecule has 0 aliphatic carbocycles. The lowest BCUT2D eigenvalue weighted by Gasteiger charge is -2.03. The van der Waals surface area contributed by atoms with Crippen molar-refractivity contribution < 1.29 is 23.4 Å². The SMILES string of the molecule is Cc1cc(COCc2ccccc2F)oc1C(=O)O. The summed E-state index contributed by atoms with van der Waals surface area (Å²) in [5.41, 5.74) is 0.987. The van der Waals surface area contributed by atoms with E-state index in [2.05, 4.69) is 0 Å². The topological polar surface area (TPSA) is 59.7 Å². The molecule has 1 aromatic heterocycles. The molecule has 100 valence electrons. The molecular formula is C14H13FO4. The number of hydrogen-bond acceptors (Lipinski definition) is 3. The number of carboxylic acid groups (broad SMARTS) is 1. The van der Waals surface area contributed by atoms with Crippen LogP contribution < -0.4 is 0 Å². The van der Waals surface area contributed by atoms with E-state index in [0.717, 1.165) is 0 Å². The zero-order chi connectivity index (χ0) is 13.8. The smallest absolute Gasteiger partial charge is 0.372 e. The largest absolute Gasteiger partial charge is 0.475 e. The first-order chi connectivity index (χ1) is 9.08. The standard InChI is InChI=1S/C14H13FO4/c1-9-6-11(19-13(9)14(16)17)8-18-7-10-4-2-3-5-12(10)15/h2-6H,7-8H2,1H3,(H,16,17). The maximum atomic E-state index is 13.3. The molecule has 19 heavy (non-hydrogen) atoms. The van der Waals surface area contributed by atoms with Gasteiger partial charge in [0.15, 0.2) is 0 Å². The number of hydrogen-bond donors (Lipinski definition) is 1. The van der Waals surface area contributed by atoms with Gasteiger partial charge >= 0.3 is 5.97 Å². The molecular weight excluding hydrogens is 251 g/mol. The van der Waals surface area contributed by atoms with Gasteiger partial charge in [-0.15, -0.1) is 0 Å². The van der Waals surface area contributed by atoms with Crippen molar-refractivity contribution in [3.63, 3.8) is 0 Å². The number of ether oxygens (including phenoxy) is 1. The lowest BCUT2D eigenvalue weighted by Crippen LogP contribution is -1.96. The van der Waals surface area contributed by atoms with Crippen molar-refractivity contribution in [1.82, 2.24) is 0 Å². The van der Waals surface area contributed by atoms with Crippen molar-refractivity contribution in [1.29, 1.82) is 0 Å². The van der Waals surface area contributed by atoms with Crippen molar-refractivity contribution in [2.75, 3.05) is 0 Å². The summed E-state index contributed by atoms with van der Waals surface area (Å²) in [7, 11) is 0. The van der Waals surface area contributed by atoms with E-state index < -0.39 is 5.97 Å². The van der Waals surface area contributed by atoms with Gasteiger partial charge in [0.25, 0.3) is 0 Å². The van der Waals surface area contributed by atoms with E-state index in [1.807, 2.05) is 0 Å². The van der Waals surface area contributed by atoms with Crippen LogP contribution in [0.15, 0.2) is 34.7 Å². The number of carboxylic acids is 1. The van der Waals surface area contributed by atoms with Crippen LogP contribution in [0.5, 0.6) is 0 Å². The Hall–Kier alpha value is -2.14. The highest BCUT2D eigenvalue weighted by Gasteiger charge is 2.14.